The van der Waals surface area contributed by atoms with Gasteiger partial charge in [-0.05, 0) is 6.08 Å². The molecule has 0 saturated carbocycles. The molecule has 0 aromatic carbocycles. The Morgan fingerprint density at radius 3 is 2.50 bits per heavy atom. The van der Waals surface area contributed by atoms with Crippen molar-refractivity contribution in [1.82, 2.24) is 0 Å². The zero-order valence-electron chi connectivity index (χ0n) is 4.27. The largest absolute Gasteiger partial charge is 0.215 e. The highest BCUT2D eigenvalue weighted by atomic mass is 19.1. The van der Waals surface area contributed by atoms with E-state index in [0.717, 1.165) is 6.08 Å². The SMILES string of the molecule is C=C/C=C(F)\C=C\F. The average Bonchev–Trinajstić information content (AvgIpc) is 1.68. The molecule has 8 heavy (non-hydrogen) atoms. The highest BCUT2D eigenvalue weighted by molar-refractivity contribution is 5.14. The predicted octanol–water partition coefficient (Wildman–Crippen LogP) is 2.51. The van der Waals surface area contributed by atoms with Crippen LogP contribution >= 0.6 is 0 Å². The number of hydrogen-bond acceptors (Lipinski definition) is 0. The predicted molar refractivity (Wildman–Crippen MR) is 29.6 cm³/mol. The second-order valence-electron chi connectivity index (χ2n) is 1.08. The minimum Gasteiger partial charge on any atom is -0.215 e. The van der Waals surface area contributed by atoms with E-state index in [4.69, 9.17) is 0 Å². The van der Waals surface area contributed by atoms with Crippen LogP contribution in [0.25, 0.3) is 0 Å². The number of hydrogen-bond donors (Lipinski definition) is 0. The Kier molecular flexibility index (Phi) is 3.76. The zero-order valence-corrected chi connectivity index (χ0v) is 4.27. The van der Waals surface area contributed by atoms with Crippen molar-refractivity contribution < 1.29 is 8.78 Å². The van der Waals surface area contributed by atoms with Crippen LogP contribution in [0.2, 0.25) is 0 Å². The number of halogens is 2. The van der Waals surface area contributed by atoms with Gasteiger partial charge >= 0.3 is 0 Å². The molecule has 0 N–H and O–H groups in total. The van der Waals surface area contributed by atoms with Crippen LogP contribution in [-0.2, 0) is 0 Å². The van der Waals surface area contributed by atoms with Gasteiger partial charge in [0.15, 0.2) is 0 Å². The van der Waals surface area contributed by atoms with E-state index in [1.54, 1.807) is 0 Å². The van der Waals surface area contributed by atoms with Gasteiger partial charge < -0.3 is 0 Å². The average molecular weight is 116 g/mol. The van der Waals surface area contributed by atoms with E-state index in [0.29, 0.717) is 6.08 Å². The second-order valence-corrected chi connectivity index (χ2v) is 1.08. The second kappa shape index (κ2) is 4.24. The van der Waals surface area contributed by atoms with E-state index >= 15 is 0 Å². The van der Waals surface area contributed by atoms with Gasteiger partial charge in [-0.1, -0.05) is 12.7 Å². The van der Waals surface area contributed by atoms with E-state index < -0.39 is 5.83 Å². The highest BCUT2D eigenvalue weighted by Crippen LogP contribution is 1.97. The van der Waals surface area contributed by atoms with Crippen molar-refractivity contribution in [3.8, 4) is 0 Å². The van der Waals surface area contributed by atoms with Gasteiger partial charge in [0.25, 0.3) is 0 Å². The fourth-order valence-corrected chi connectivity index (χ4v) is 0.228. The maximum Gasteiger partial charge on any atom is 0.125 e. The van der Waals surface area contributed by atoms with Crippen molar-refractivity contribution in [1.29, 1.82) is 0 Å². The number of rotatable bonds is 2. The molecule has 0 saturated heterocycles. The van der Waals surface area contributed by atoms with Crippen LogP contribution < -0.4 is 0 Å². The minimum absolute atomic E-state index is 0.134. The summed E-state index contributed by atoms with van der Waals surface area (Å²) < 4.78 is 22.9. The molecule has 0 fully saturated rings. The first-order valence-electron chi connectivity index (χ1n) is 2.06. The van der Waals surface area contributed by atoms with E-state index in [-0.39, 0.29) is 6.33 Å². The van der Waals surface area contributed by atoms with Crippen molar-refractivity contribution in [2.45, 2.75) is 0 Å². The molecular weight excluding hydrogens is 110 g/mol. The summed E-state index contributed by atoms with van der Waals surface area (Å²) in [6, 6.07) is 0. The monoisotopic (exact) mass is 116 g/mol. The van der Waals surface area contributed by atoms with Gasteiger partial charge in [0, 0.05) is 6.08 Å². The third-order valence-corrected chi connectivity index (χ3v) is 0.499. The van der Waals surface area contributed by atoms with Crippen LogP contribution in [0, 0.1) is 0 Å². The maximum atomic E-state index is 11.9. The van der Waals surface area contributed by atoms with Crippen molar-refractivity contribution in [2.75, 3.05) is 0 Å². The van der Waals surface area contributed by atoms with Gasteiger partial charge in [0.1, 0.15) is 5.83 Å². The molecule has 0 aromatic rings. The highest BCUT2D eigenvalue weighted by Gasteiger charge is 1.79. The van der Waals surface area contributed by atoms with Crippen molar-refractivity contribution >= 4 is 0 Å². The summed E-state index contributed by atoms with van der Waals surface area (Å²) in [4.78, 5) is 0. The van der Waals surface area contributed by atoms with Crippen molar-refractivity contribution in [3.63, 3.8) is 0 Å². The molecule has 0 unspecified atom stereocenters. The summed E-state index contributed by atoms with van der Waals surface area (Å²) in [5.74, 6) is -0.637. The van der Waals surface area contributed by atoms with E-state index in [9.17, 15) is 8.78 Å². The zero-order chi connectivity index (χ0) is 6.41. The Morgan fingerprint density at radius 1 is 1.50 bits per heavy atom. The third-order valence-electron chi connectivity index (χ3n) is 0.499. The van der Waals surface area contributed by atoms with Crippen LogP contribution in [0.4, 0.5) is 8.78 Å². The van der Waals surface area contributed by atoms with E-state index in [2.05, 4.69) is 6.58 Å². The normalized spacial score (nSPS) is 12.5. The fourth-order valence-electron chi connectivity index (χ4n) is 0.228. The molecule has 0 aromatic heterocycles. The van der Waals surface area contributed by atoms with Crippen molar-refractivity contribution in [3.05, 3.63) is 37.0 Å². The standard InChI is InChI=1S/C6H6F2/c1-2-3-6(8)4-5-7/h2-5H,1H2/b5-4+,6-3+. The molecule has 0 aliphatic heterocycles. The van der Waals surface area contributed by atoms with Gasteiger partial charge in [-0.25, -0.2) is 8.78 Å². The first-order valence-corrected chi connectivity index (χ1v) is 2.06. The fraction of sp³-hybridized carbons (Fsp3) is 0. The lowest BCUT2D eigenvalue weighted by Crippen LogP contribution is -1.58. The molecule has 44 valence electrons. The molecule has 0 bridgehead atoms. The minimum atomic E-state index is -0.637. The van der Waals surface area contributed by atoms with Gasteiger partial charge in [-0.15, -0.1) is 0 Å². The molecule has 0 nitrogen and oxygen atoms in total. The topological polar surface area (TPSA) is 0 Å². The summed E-state index contributed by atoms with van der Waals surface area (Å²) in [7, 11) is 0. The molecule has 0 rings (SSSR count). The Labute approximate surface area is 46.8 Å². The third kappa shape index (κ3) is 3.28. The molecular formula is C6H6F2. The van der Waals surface area contributed by atoms with Gasteiger partial charge in [0.2, 0.25) is 0 Å². The van der Waals surface area contributed by atoms with Gasteiger partial charge in [-0.2, -0.15) is 0 Å². The lowest BCUT2D eigenvalue weighted by atomic mass is 10.4. The first-order chi connectivity index (χ1) is 3.81. The lowest BCUT2D eigenvalue weighted by molar-refractivity contribution is 0.652. The summed E-state index contributed by atoms with van der Waals surface area (Å²) in [6.45, 7) is 3.21. The smallest absolute Gasteiger partial charge is 0.125 e. The van der Waals surface area contributed by atoms with Crippen LogP contribution in [0.3, 0.4) is 0 Å². The Balaban J connectivity index is 3.79. The number of allylic oxidation sites excluding steroid dienone is 4. The molecule has 2 heteroatoms. The maximum absolute atomic E-state index is 11.9. The summed E-state index contributed by atoms with van der Waals surface area (Å²) in [6.07, 6.45) is 3.16. The molecule has 0 aliphatic rings. The van der Waals surface area contributed by atoms with Crippen LogP contribution in [0.5, 0.6) is 0 Å². The molecule has 0 aliphatic carbocycles. The molecule has 0 atom stereocenters. The van der Waals surface area contributed by atoms with Gasteiger partial charge in [0.05, 0.1) is 6.33 Å². The summed E-state index contributed by atoms with van der Waals surface area (Å²) in [5.41, 5.74) is 0. The van der Waals surface area contributed by atoms with E-state index in [1.807, 2.05) is 0 Å². The van der Waals surface area contributed by atoms with E-state index in [1.165, 1.54) is 6.08 Å². The Hall–Kier alpha value is -0.920. The van der Waals surface area contributed by atoms with Crippen LogP contribution in [-0.4, -0.2) is 0 Å². The van der Waals surface area contributed by atoms with Gasteiger partial charge in [-0.3, -0.25) is 0 Å². The van der Waals surface area contributed by atoms with Crippen LogP contribution in [0.1, 0.15) is 0 Å². The Bertz CT molecular complexity index is 122. The lowest BCUT2D eigenvalue weighted by Gasteiger charge is -1.76. The molecule has 0 amide bonds. The van der Waals surface area contributed by atoms with Crippen molar-refractivity contribution in [2.24, 2.45) is 0 Å². The van der Waals surface area contributed by atoms with Crippen LogP contribution in [0.15, 0.2) is 37.0 Å². The summed E-state index contributed by atoms with van der Waals surface area (Å²) in [5, 5.41) is 0. The molecule has 0 heterocycles. The molecule has 0 spiro atoms. The molecule has 0 radical (unpaired) electrons. The Morgan fingerprint density at radius 2 is 2.12 bits per heavy atom. The quantitative estimate of drug-likeness (QED) is 0.486. The summed E-state index contributed by atoms with van der Waals surface area (Å²) >= 11 is 0. The first kappa shape index (κ1) is 7.08.